The molecule has 88 valence electrons. The number of nitrogens with zero attached hydrogens (tertiary/aromatic N) is 1. The van der Waals surface area contributed by atoms with Crippen molar-refractivity contribution in [2.75, 3.05) is 6.61 Å². The van der Waals surface area contributed by atoms with Crippen LogP contribution in [0, 0.1) is 0 Å². The van der Waals surface area contributed by atoms with Gasteiger partial charge in [0, 0.05) is 12.1 Å². The average molecular weight is 227 g/mol. The first-order chi connectivity index (χ1) is 7.47. The number of carboxylic acids is 1. The Morgan fingerprint density at radius 1 is 1.50 bits per heavy atom. The molecule has 0 saturated carbocycles. The summed E-state index contributed by atoms with van der Waals surface area (Å²) in [6, 6.07) is 0. The second kappa shape index (κ2) is 4.71. The van der Waals surface area contributed by atoms with Gasteiger partial charge in [-0.25, -0.2) is 4.79 Å². The van der Waals surface area contributed by atoms with Gasteiger partial charge in [0.2, 0.25) is 0 Å². The van der Waals surface area contributed by atoms with Crippen LogP contribution in [0.15, 0.2) is 11.8 Å². The monoisotopic (exact) mass is 227 g/mol. The van der Waals surface area contributed by atoms with Crippen molar-refractivity contribution in [3.05, 3.63) is 17.5 Å². The summed E-state index contributed by atoms with van der Waals surface area (Å²) in [6.45, 7) is 1.35. The van der Waals surface area contributed by atoms with Gasteiger partial charge in [0.05, 0.1) is 18.5 Å². The number of aliphatic hydroxyl groups excluding tert-OH is 1. The van der Waals surface area contributed by atoms with Gasteiger partial charge in [0.25, 0.3) is 0 Å². The van der Waals surface area contributed by atoms with E-state index in [1.54, 1.807) is 0 Å². The van der Waals surface area contributed by atoms with Crippen molar-refractivity contribution < 1.29 is 25.2 Å². The molecule has 1 heterocycles. The third-order valence-corrected chi connectivity index (χ3v) is 2.10. The highest BCUT2D eigenvalue weighted by Crippen LogP contribution is 2.32. The molecule has 16 heavy (non-hydrogen) atoms. The van der Waals surface area contributed by atoms with E-state index in [1.165, 1.54) is 23.8 Å². The highest BCUT2D eigenvalue weighted by atomic mass is 16.4. The number of hydrogen-bond acceptors (Lipinski definition) is 4. The van der Waals surface area contributed by atoms with Crippen LogP contribution in [0.2, 0.25) is 0 Å². The standard InChI is InChI=1S/C10H13NO5/c1-6(10(15)16)4-7-9(14)8(13)5-11(7)2-3-12/h4-5,12-14H,2-3H2,1H3,(H,15,16). The SMILES string of the molecule is CC(=Cc1c(O)c(O)cn1CCO)C(=O)O. The summed E-state index contributed by atoms with van der Waals surface area (Å²) in [5.41, 5.74) is 0.180. The van der Waals surface area contributed by atoms with Crippen molar-refractivity contribution in [3.8, 4) is 11.5 Å². The molecule has 0 spiro atoms. The van der Waals surface area contributed by atoms with E-state index in [0.29, 0.717) is 0 Å². The summed E-state index contributed by atoms with van der Waals surface area (Å²) in [7, 11) is 0. The normalized spacial score (nSPS) is 11.8. The van der Waals surface area contributed by atoms with Gasteiger partial charge in [0.15, 0.2) is 11.5 Å². The van der Waals surface area contributed by atoms with E-state index in [2.05, 4.69) is 0 Å². The summed E-state index contributed by atoms with van der Waals surface area (Å²) >= 11 is 0. The molecule has 0 saturated heterocycles. The van der Waals surface area contributed by atoms with Gasteiger partial charge in [0.1, 0.15) is 0 Å². The topological polar surface area (TPSA) is 103 Å². The number of aromatic hydroxyl groups is 2. The van der Waals surface area contributed by atoms with Gasteiger partial charge in [-0.2, -0.15) is 0 Å². The number of rotatable bonds is 4. The fourth-order valence-corrected chi connectivity index (χ4v) is 1.26. The van der Waals surface area contributed by atoms with E-state index >= 15 is 0 Å². The van der Waals surface area contributed by atoms with Crippen molar-refractivity contribution in [2.24, 2.45) is 0 Å². The Kier molecular flexibility index (Phi) is 3.57. The lowest BCUT2D eigenvalue weighted by Crippen LogP contribution is -2.03. The van der Waals surface area contributed by atoms with Crippen LogP contribution in [-0.2, 0) is 11.3 Å². The fourth-order valence-electron chi connectivity index (χ4n) is 1.26. The molecular weight excluding hydrogens is 214 g/mol. The number of hydrogen-bond donors (Lipinski definition) is 4. The average Bonchev–Trinajstić information content (AvgIpc) is 2.46. The van der Waals surface area contributed by atoms with Crippen LogP contribution in [0.4, 0.5) is 0 Å². The Morgan fingerprint density at radius 3 is 2.62 bits per heavy atom. The van der Waals surface area contributed by atoms with Crippen molar-refractivity contribution in [1.82, 2.24) is 4.57 Å². The quantitative estimate of drug-likeness (QED) is 0.557. The van der Waals surface area contributed by atoms with Crippen molar-refractivity contribution >= 4 is 12.0 Å². The van der Waals surface area contributed by atoms with E-state index < -0.39 is 11.7 Å². The molecule has 6 heteroatoms. The van der Waals surface area contributed by atoms with Gasteiger partial charge in [-0.15, -0.1) is 0 Å². The molecule has 0 atom stereocenters. The van der Waals surface area contributed by atoms with Crippen LogP contribution in [0.25, 0.3) is 6.08 Å². The van der Waals surface area contributed by atoms with E-state index in [1.807, 2.05) is 0 Å². The van der Waals surface area contributed by atoms with E-state index in [-0.39, 0.29) is 30.2 Å². The van der Waals surface area contributed by atoms with Crippen LogP contribution < -0.4 is 0 Å². The van der Waals surface area contributed by atoms with E-state index in [9.17, 15) is 15.0 Å². The maximum atomic E-state index is 10.6. The molecule has 0 bridgehead atoms. The Bertz CT molecular complexity index is 433. The van der Waals surface area contributed by atoms with Gasteiger partial charge in [-0.3, -0.25) is 0 Å². The van der Waals surface area contributed by atoms with Crippen molar-refractivity contribution in [3.63, 3.8) is 0 Å². The lowest BCUT2D eigenvalue weighted by molar-refractivity contribution is -0.132. The van der Waals surface area contributed by atoms with Gasteiger partial charge in [-0.05, 0) is 13.0 Å². The maximum Gasteiger partial charge on any atom is 0.331 e. The minimum Gasteiger partial charge on any atom is -0.503 e. The smallest absolute Gasteiger partial charge is 0.331 e. The Morgan fingerprint density at radius 2 is 2.12 bits per heavy atom. The zero-order valence-corrected chi connectivity index (χ0v) is 8.71. The lowest BCUT2D eigenvalue weighted by atomic mass is 10.2. The molecule has 1 rings (SSSR count). The Balaban J connectivity index is 3.20. The fraction of sp³-hybridized carbons (Fsp3) is 0.300. The second-order valence-corrected chi connectivity index (χ2v) is 3.30. The van der Waals surface area contributed by atoms with Crippen LogP contribution >= 0.6 is 0 Å². The lowest BCUT2D eigenvalue weighted by Gasteiger charge is -2.03. The number of aliphatic hydroxyl groups is 1. The number of carbonyl (C=O) groups is 1. The van der Waals surface area contributed by atoms with E-state index in [4.69, 9.17) is 10.2 Å². The molecule has 0 fully saturated rings. The molecule has 0 aromatic carbocycles. The highest BCUT2D eigenvalue weighted by molar-refractivity contribution is 5.91. The number of aromatic nitrogens is 1. The summed E-state index contributed by atoms with van der Waals surface area (Å²) < 4.78 is 1.37. The third kappa shape index (κ3) is 2.34. The first-order valence-electron chi connectivity index (χ1n) is 4.61. The van der Waals surface area contributed by atoms with Crippen LogP contribution in [0.5, 0.6) is 11.5 Å². The van der Waals surface area contributed by atoms with E-state index in [0.717, 1.165) is 0 Å². The molecule has 6 nitrogen and oxygen atoms in total. The van der Waals surface area contributed by atoms with Crippen LogP contribution in [0.3, 0.4) is 0 Å². The molecule has 1 aromatic rings. The predicted molar refractivity (Wildman–Crippen MR) is 56.1 cm³/mol. The number of aliphatic carboxylic acids is 1. The third-order valence-electron chi connectivity index (χ3n) is 2.10. The number of carboxylic acid groups (broad SMARTS) is 1. The molecule has 0 aliphatic rings. The first-order valence-corrected chi connectivity index (χ1v) is 4.61. The van der Waals surface area contributed by atoms with Gasteiger partial charge < -0.3 is 25.0 Å². The summed E-state index contributed by atoms with van der Waals surface area (Å²) in [6.07, 6.45) is 2.46. The molecule has 0 aliphatic heterocycles. The molecule has 1 aromatic heterocycles. The van der Waals surface area contributed by atoms with Crippen molar-refractivity contribution in [1.29, 1.82) is 0 Å². The first kappa shape index (κ1) is 12.1. The Hall–Kier alpha value is -1.95. The summed E-state index contributed by atoms with van der Waals surface area (Å²) in [4.78, 5) is 10.6. The largest absolute Gasteiger partial charge is 0.503 e. The molecule has 0 unspecified atom stereocenters. The molecule has 0 radical (unpaired) electrons. The van der Waals surface area contributed by atoms with Crippen LogP contribution in [0.1, 0.15) is 12.6 Å². The van der Waals surface area contributed by atoms with Crippen LogP contribution in [-0.4, -0.2) is 37.6 Å². The zero-order valence-electron chi connectivity index (χ0n) is 8.71. The van der Waals surface area contributed by atoms with Gasteiger partial charge in [-0.1, -0.05) is 0 Å². The molecular formula is C10H13NO5. The minimum absolute atomic E-state index is 0.0209. The maximum absolute atomic E-state index is 10.6. The molecule has 0 amide bonds. The zero-order chi connectivity index (χ0) is 12.3. The van der Waals surface area contributed by atoms with Gasteiger partial charge >= 0.3 is 5.97 Å². The van der Waals surface area contributed by atoms with Crippen molar-refractivity contribution in [2.45, 2.75) is 13.5 Å². The summed E-state index contributed by atoms with van der Waals surface area (Å²) in [5, 5.41) is 36.2. The Labute approximate surface area is 91.7 Å². The molecule has 4 N–H and O–H groups in total. The minimum atomic E-state index is -1.12. The molecule has 0 aliphatic carbocycles. The predicted octanol–water partition coefficient (Wildman–Crippen LogP) is 0.380. The summed E-state index contributed by atoms with van der Waals surface area (Å²) in [5.74, 6) is -1.86. The highest BCUT2D eigenvalue weighted by Gasteiger charge is 2.13. The second-order valence-electron chi connectivity index (χ2n) is 3.30.